The number of hydrogen-bond acceptors (Lipinski definition) is 7. The van der Waals surface area contributed by atoms with Crippen molar-refractivity contribution in [2.24, 2.45) is 17.8 Å². The summed E-state index contributed by atoms with van der Waals surface area (Å²) < 4.78 is 16.3. The molecule has 4 aliphatic rings. The molecule has 4 amide bonds. The van der Waals surface area contributed by atoms with Crippen LogP contribution in [0.25, 0.3) is 0 Å². The van der Waals surface area contributed by atoms with Gasteiger partial charge in [0.15, 0.2) is 0 Å². The molecule has 2 aliphatic heterocycles. The summed E-state index contributed by atoms with van der Waals surface area (Å²) in [6.45, 7) is 3.05. The number of carbonyl (C=O) groups is 3. The van der Waals surface area contributed by atoms with E-state index in [1.54, 1.807) is 0 Å². The largest absolute Gasteiger partial charge is 0.449 e. The van der Waals surface area contributed by atoms with Gasteiger partial charge >= 0.3 is 12.1 Å². The number of unbranched alkanes of at least 4 members (excludes halogenated alkanes) is 1. The fourth-order valence-electron chi connectivity index (χ4n) is 5.68. The number of hydrogen-bond donors (Lipinski definition) is 4. The number of nitrogens with one attached hydrogen (secondary N) is 4. The summed E-state index contributed by atoms with van der Waals surface area (Å²) in [6.07, 6.45) is 7.12. The summed E-state index contributed by atoms with van der Waals surface area (Å²) in [5.74, 6) is 9.22. The van der Waals surface area contributed by atoms with Gasteiger partial charge in [-0.15, -0.1) is 11.8 Å². The molecule has 11 heteroatoms. The van der Waals surface area contributed by atoms with E-state index < -0.39 is 0 Å². The minimum Gasteiger partial charge on any atom is -0.449 e. The first kappa shape index (κ1) is 28.8. The Labute approximate surface area is 229 Å². The maximum absolute atomic E-state index is 12.0. The molecule has 2 aliphatic carbocycles. The lowest BCUT2D eigenvalue weighted by atomic mass is 10.0. The van der Waals surface area contributed by atoms with Crippen LogP contribution in [0.1, 0.15) is 51.4 Å². The zero-order chi connectivity index (χ0) is 26.6. The number of rotatable bonds is 16. The molecule has 0 radical (unpaired) electrons. The van der Waals surface area contributed by atoms with Crippen molar-refractivity contribution in [1.29, 1.82) is 0 Å². The van der Waals surface area contributed by atoms with Crippen LogP contribution in [-0.4, -0.2) is 87.2 Å². The highest BCUT2D eigenvalue weighted by atomic mass is 32.2. The lowest BCUT2D eigenvalue weighted by Crippen LogP contribution is -2.36. The number of amides is 4. The molecule has 0 bridgehead atoms. The third kappa shape index (κ3) is 9.24. The number of thioether (sulfide) groups is 1. The van der Waals surface area contributed by atoms with Crippen LogP contribution >= 0.6 is 11.8 Å². The van der Waals surface area contributed by atoms with E-state index in [4.69, 9.17) is 14.2 Å². The van der Waals surface area contributed by atoms with E-state index in [1.807, 2.05) is 11.8 Å². The summed E-state index contributed by atoms with van der Waals surface area (Å²) in [4.78, 5) is 35.3. The molecular formula is C27H42N4O6S. The van der Waals surface area contributed by atoms with Crippen LogP contribution < -0.4 is 21.3 Å². The number of urea groups is 1. The summed E-state index contributed by atoms with van der Waals surface area (Å²) >= 11 is 1.90. The number of carbonyl (C=O) groups excluding carboxylic acids is 3. The lowest BCUT2D eigenvalue weighted by Gasteiger charge is -2.16. The monoisotopic (exact) mass is 550 g/mol. The van der Waals surface area contributed by atoms with Crippen molar-refractivity contribution < 1.29 is 28.6 Å². The van der Waals surface area contributed by atoms with Crippen LogP contribution in [0.3, 0.4) is 0 Å². The Morgan fingerprint density at radius 2 is 1.66 bits per heavy atom. The molecule has 4 unspecified atom stereocenters. The predicted octanol–water partition coefficient (Wildman–Crippen LogP) is 2.03. The second-order valence-electron chi connectivity index (χ2n) is 10.4. The van der Waals surface area contributed by atoms with Crippen molar-refractivity contribution in [3.8, 4) is 11.8 Å². The highest BCUT2D eigenvalue weighted by Crippen LogP contribution is 2.52. The van der Waals surface area contributed by atoms with E-state index in [2.05, 4.69) is 33.1 Å². The van der Waals surface area contributed by atoms with E-state index in [1.165, 1.54) is 0 Å². The van der Waals surface area contributed by atoms with E-state index in [9.17, 15) is 14.4 Å². The van der Waals surface area contributed by atoms with E-state index in [0.29, 0.717) is 75.5 Å². The predicted molar refractivity (Wildman–Crippen MR) is 145 cm³/mol. The number of fused-ring (bicyclic) bond motifs is 2. The van der Waals surface area contributed by atoms with Crippen LogP contribution in [0.4, 0.5) is 9.59 Å². The van der Waals surface area contributed by atoms with Crippen LogP contribution in [-0.2, 0) is 19.0 Å². The molecule has 4 rings (SSSR count). The van der Waals surface area contributed by atoms with Crippen molar-refractivity contribution >= 4 is 29.8 Å². The smallest absolute Gasteiger partial charge is 0.407 e. The van der Waals surface area contributed by atoms with Gasteiger partial charge in [-0.2, -0.15) is 11.8 Å². The van der Waals surface area contributed by atoms with Gasteiger partial charge < -0.3 is 35.5 Å². The molecule has 6 atom stereocenters. The van der Waals surface area contributed by atoms with Gasteiger partial charge in [-0.3, -0.25) is 4.79 Å². The zero-order valence-electron chi connectivity index (χ0n) is 22.1. The Morgan fingerprint density at radius 1 is 0.947 bits per heavy atom. The Balaban J connectivity index is 0.881. The molecule has 212 valence electrons. The molecule has 2 heterocycles. The van der Waals surface area contributed by atoms with Crippen LogP contribution in [0.2, 0.25) is 0 Å². The van der Waals surface area contributed by atoms with E-state index in [-0.39, 0.29) is 30.1 Å². The van der Waals surface area contributed by atoms with Crippen molar-refractivity contribution in [3.63, 3.8) is 0 Å². The molecule has 0 spiro atoms. The summed E-state index contributed by atoms with van der Waals surface area (Å²) in [5.41, 5.74) is 0. The highest BCUT2D eigenvalue weighted by Gasteiger charge is 2.49. The number of ether oxygens (including phenoxy) is 3. The molecule has 38 heavy (non-hydrogen) atoms. The minimum atomic E-state index is -0.387. The molecule has 10 nitrogen and oxygen atoms in total. The average molecular weight is 551 g/mol. The molecule has 4 N–H and O–H groups in total. The second-order valence-corrected chi connectivity index (χ2v) is 11.7. The first-order valence-electron chi connectivity index (χ1n) is 14.1. The van der Waals surface area contributed by atoms with Crippen LogP contribution in [0, 0.1) is 29.6 Å². The molecular weight excluding hydrogens is 508 g/mol. The van der Waals surface area contributed by atoms with Gasteiger partial charge in [0.25, 0.3) is 0 Å². The lowest BCUT2D eigenvalue weighted by molar-refractivity contribution is -0.121. The van der Waals surface area contributed by atoms with Crippen molar-refractivity contribution in [3.05, 3.63) is 0 Å². The first-order valence-corrected chi connectivity index (χ1v) is 15.1. The second kappa shape index (κ2) is 15.4. The van der Waals surface area contributed by atoms with Gasteiger partial charge in [0.05, 0.1) is 45.1 Å². The third-order valence-electron chi connectivity index (χ3n) is 7.78. The maximum atomic E-state index is 12.0. The van der Waals surface area contributed by atoms with Crippen molar-refractivity contribution in [2.75, 3.05) is 51.9 Å². The van der Waals surface area contributed by atoms with Gasteiger partial charge in [-0.05, 0) is 43.4 Å². The van der Waals surface area contributed by atoms with Gasteiger partial charge in [0.1, 0.15) is 0 Å². The third-order valence-corrected chi connectivity index (χ3v) is 9.29. The Hall–Kier alpha value is -2.16. The summed E-state index contributed by atoms with van der Waals surface area (Å²) in [7, 11) is 0. The Morgan fingerprint density at radius 3 is 2.39 bits per heavy atom. The molecule has 3 fully saturated rings. The maximum Gasteiger partial charge on any atom is 0.407 e. The molecule has 0 aromatic heterocycles. The standard InChI is InChI=1S/C27H42N4O6S/c32-24(10-6-5-9-23-25-22(18-38-23)30-26(33)31-25)28-11-13-35-15-16-36-14-12-29-27(34)37-17-21-19-7-3-1-2-4-8-20(19)21/h19-23,25H,3-18H2,(H,28,32)(H,29,34)(H2,30,31,33)/t19-,20+,21?,22?,23?,25?. The zero-order valence-corrected chi connectivity index (χ0v) is 23.0. The normalized spacial score (nSPS) is 28.9. The molecule has 0 aromatic carbocycles. The summed E-state index contributed by atoms with van der Waals surface area (Å²) in [6, 6.07) is 0.414. The minimum absolute atomic E-state index is 0.0380. The van der Waals surface area contributed by atoms with Gasteiger partial charge in [0, 0.05) is 43.4 Å². The fourth-order valence-corrected chi connectivity index (χ4v) is 7.22. The van der Waals surface area contributed by atoms with Gasteiger partial charge in [-0.1, -0.05) is 6.42 Å². The summed E-state index contributed by atoms with van der Waals surface area (Å²) in [5, 5.41) is 12.0. The van der Waals surface area contributed by atoms with Crippen molar-refractivity contribution in [1.82, 2.24) is 21.3 Å². The fraction of sp³-hybridized carbons (Fsp3) is 0.815. The molecule has 2 saturated heterocycles. The molecule has 1 saturated carbocycles. The Kier molecular flexibility index (Phi) is 11.7. The van der Waals surface area contributed by atoms with E-state index >= 15 is 0 Å². The van der Waals surface area contributed by atoms with Gasteiger partial charge in [-0.25, -0.2) is 9.59 Å². The van der Waals surface area contributed by atoms with Crippen molar-refractivity contribution in [2.45, 2.75) is 68.7 Å². The highest BCUT2D eigenvalue weighted by molar-refractivity contribution is 8.00. The SMILES string of the molecule is O=C(CCCCC1SCC2NC(=O)NC21)NCCOCCOCCNC(=O)OCC1[C@H]2CCC#CCC[C@@H]12. The number of alkyl carbamates (subject to hydrolysis) is 1. The first-order chi connectivity index (χ1) is 18.6. The Bertz CT molecular complexity index is 846. The quantitative estimate of drug-likeness (QED) is 0.132. The molecule has 0 aromatic rings. The van der Waals surface area contributed by atoms with Crippen LogP contribution in [0.15, 0.2) is 0 Å². The van der Waals surface area contributed by atoms with E-state index in [0.717, 1.165) is 50.7 Å². The van der Waals surface area contributed by atoms with Gasteiger partial charge in [0.2, 0.25) is 5.91 Å². The average Bonchev–Trinajstić information content (AvgIpc) is 3.16. The topological polar surface area (TPSA) is 127 Å². The van der Waals surface area contributed by atoms with Crippen LogP contribution in [0.5, 0.6) is 0 Å².